The lowest BCUT2D eigenvalue weighted by Crippen LogP contribution is -2.33. The van der Waals surface area contributed by atoms with Gasteiger partial charge in [0, 0.05) is 11.2 Å². The third-order valence-electron chi connectivity index (χ3n) is 2.32. The van der Waals surface area contributed by atoms with Gasteiger partial charge in [0.15, 0.2) is 0 Å². The van der Waals surface area contributed by atoms with E-state index < -0.39 is 12.0 Å². The van der Waals surface area contributed by atoms with Crippen molar-refractivity contribution >= 4 is 17.7 Å². The second-order valence-corrected chi connectivity index (χ2v) is 6.04. The number of carbonyl (C=O) groups excluding carboxylic acids is 1. The van der Waals surface area contributed by atoms with E-state index in [1.165, 1.54) is 18.9 Å². The van der Waals surface area contributed by atoms with Gasteiger partial charge in [-0.25, -0.2) is 4.98 Å². The first-order chi connectivity index (χ1) is 8.34. The Morgan fingerprint density at radius 2 is 2.28 bits per heavy atom. The lowest BCUT2D eigenvalue weighted by molar-refractivity contribution is -0.141. The molecular formula is C12H20N2O3S. The Kier molecular flexibility index (Phi) is 5.22. The monoisotopic (exact) mass is 272 g/mol. The molecule has 0 radical (unpaired) electrons. The number of aromatic nitrogens is 1. The molecule has 5 nitrogen and oxygen atoms in total. The van der Waals surface area contributed by atoms with Crippen LogP contribution in [0.15, 0.2) is 10.6 Å². The Labute approximate surface area is 111 Å². The molecule has 1 atom stereocenters. The van der Waals surface area contributed by atoms with Gasteiger partial charge in [0.25, 0.3) is 0 Å². The molecule has 0 saturated carbocycles. The maximum Gasteiger partial charge on any atom is 0.323 e. The van der Waals surface area contributed by atoms with Crippen LogP contribution >= 0.6 is 11.8 Å². The summed E-state index contributed by atoms with van der Waals surface area (Å²) in [5.41, 5.74) is 5.58. The second-order valence-electron chi connectivity index (χ2n) is 5.01. The predicted molar refractivity (Wildman–Crippen MR) is 71.4 cm³/mol. The highest BCUT2D eigenvalue weighted by Gasteiger charge is 2.19. The minimum Gasteiger partial charge on any atom is -0.468 e. The van der Waals surface area contributed by atoms with Gasteiger partial charge in [-0.05, 0) is 0 Å². The van der Waals surface area contributed by atoms with Crippen molar-refractivity contribution in [2.75, 3.05) is 12.9 Å². The van der Waals surface area contributed by atoms with Crippen molar-refractivity contribution in [3.63, 3.8) is 0 Å². The van der Waals surface area contributed by atoms with Crippen LogP contribution < -0.4 is 5.73 Å². The van der Waals surface area contributed by atoms with Crippen LogP contribution in [-0.4, -0.2) is 29.9 Å². The van der Waals surface area contributed by atoms with Gasteiger partial charge < -0.3 is 14.9 Å². The first-order valence-electron chi connectivity index (χ1n) is 5.71. The number of oxazole rings is 1. The lowest BCUT2D eigenvalue weighted by atomic mass is 9.94. The normalized spacial score (nSPS) is 13.4. The molecule has 0 saturated heterocycles. The molecule has 0 fully saturated rings. The molecule has 0 aromatic carbocycles. The molecular weight excluding hydrogens is 252 g/mol. The van der Waals surface area contributed by atoms with E-state index in [0.717, 1.165) is 5.76 Å². The van der Waals surface area contributed by atoms with Crippen LogP contribution in [0.1, 0.15) is 32.4 Å². The Hall–Kier alpha value is -1.01. The molecule has 1 rings (SSSR count). The van der Waals surface area contributed by atoms with Gasteiger partial charge in [0.05, 0.1) is 19.1 Å². The summed E-state index contributed by atoms with van der Waals surface area (Å²) >= 11 is 1.50. The van der Waals surface area contributed by atoms with Gasteiger partial charge in [0.1, 0.15) is 11.8 Å². The van der Waals surface area contributed by atoms with Crippen molar-refractivity contribution in [1.29, 1.82) is 0 Å². The first kappa shape index (κ1) is 15.0. The summed E-state index contributed by atoms with van der Waals surface area (Å²) in [5.74, 6) is 2.20. The van der Waals surface area contributed by atoms with E-state index in [9.17, 15) is 4.79 Å². The largest absolute Gasteiger partial charge is 0.468 e. The first-order valence-corrected chi connectivity index (χ1v) is 6.86. The van der Waals surface area contributed by atoms with Crippen molar-refractivity contribution < 1.29 is 13.9 Å². The van der Waals surface area contributed by atoms with Crippen LogP contribution in [0.2, 0.25) is 0 Å². The maximum absolute atomic E-state index is 11.1. The van der Waals surface area contributed by atoms with E-state index in [1.54, 1.807) is 6.20 Å². The molecule has 1 aromatic heterocycles. The summed E-state index contributed by atoms with van der Waals surface area (Å²) < 4.78 is 10.2. The number of esters is 1. The molecule has 102 valence electrons. The summed E-state index contributed by atoms with van der Waals surface area (Å²) in [5, 5.41) is 0. The molecule has 6 heteroatoms. The molecule has 1 heterocycles. The zero-order chi connectivity index (χ0) is 13.8. The van der Waals surface area contributed by atoms with Gasteiger partial charge in [-0.3, -0.25) is 4.79 Å². The molecule has 1 aromatic rings. The van der Waals surface area contributed by atoms with Crippen LogP contribution in [0.4, 0.5) is 0 Å². The van der Waals surface area contributed by atoms with Crippen LogP contribution in [0.25, 0.3) is 0 Å². The fourth-order valence-electron chi connectivity index (χ4n) is 1.22. The van der Waals surface area contributed by atoms with Gasteiger partial charge in [-0.1, -0.05) is 20.8 Å². The van der Waals surface area contributed by atoms with Crippen molar-refractivity contribution in [1.82, 2.24) is 4.98 Å². The Bertz CT molecular complexity index is 398. The average Bonchev–Trinajstić information content (AvgIpc) is 2.76. The zero-order valence-electron chi connectivity index (χ0n) is 11.2. The number of nitrogens with zero attached hydrogens (tertiary/aromatic N) is 1. The van der Waals surface area contributed by atoms with E-state index >= 15 is 0 Å². The van der Waals surface area contributed by atoms with Crippen LogP contribution in [0.5, 0.6) is 0 Å². The summed E-state index contributed by atoms with van der Waals surface area (Å²) in [4.78, 5) is 15.3. The van der Waals surface area contributed by atoms with Crippen LogP contribution in [-0.2, 0) is 20.7 Å². The van der Waals surface area contributed by atoms with E-state index in [4.69, 9.17) is 10.2 Å². The smallest absolute Gasteiger partial charge is 0.323 e. The quantitative estimate of drug-likeness (QED) is 0.822. The summed E-state index contributed by atoms with van der Waals surface area (Å²) in [6, 6.07) is -0.600. The highest BCUT2D eigenvalue weighted by molar-refractivity contribution is 7.98. The van der Waals surface area contributed by atoms with Gasteiger partial charge in [0.2, 0.25) is 5.89 Å². The van der Waals surface area contributed by atoms with Gasteiger partial charge in [-0.15, -0.1) is 11.8 Å². The van der Waals surface area contributed by atoms with Crippen molar-refractivity contribution in [2.24, 2.45) is 5.73 Å². The van der Waals surface area contributed by atoms with Crippen LogP contribution in [0.3, 0.4) is 0 Å². The highest BCUT2D eigenvalue weighted by Crippen LogP contribution is 2.24. The van der Waals surface area contributed by atoms with E-state index in [2.05, 4.69) is 30.5 Å². The molecule has 0 aliphatic rings. The average molecular weight is 272 g/mol. The predicted octanol–water partition coefficient (Wildman–Crippen LogP) is 1.71. The fourth-order valence-corrected chi connectivity index (χ4v) is 2.03. The molecule has 2 N–H and O–H groups in total. The molecule has 0 amide bonds. The highest BCUT2D eigenvalue weighted by atomic mass is 32.2. The Balaban J connectivity index is 2.41. The minimum atomic E-state index is -0.600. The van der Waals surface area contributed by atoms with Crippen molar-refractivity contribution in [3.05, 3.63) is 17.8 Å². The third-order valence-corrected chi connectivity index (χ3v) is 3.37. The second kappa shape index (κ2) is 6.24. The van der Waals surface area contributed by atoms with E-state index in [1.807, 2.05) is 0 Å². The van der Waals surface area contributed by atoms with Crippen molar-refractivity contribution in [2.45, 2.75) is 38.0 Å². The SMILES string of the molecule is COC(=O)C(N)CSCc1ncc(C(C)(C)C)o1. The van der Waals surface area contributed by atoms with Crippen molar-refractivity contribution in [3.8, 4) is 0 Å². The summed E-state index contributed by atoms with van der Waals surface area (Å²) in [6.07, 6.45) is 1.75. The van der Waals surface area contributed by atoms with E-state index in [-0.39, 0.29) is 5.41 Å². The Morgan fingerprint density at radius 1 is 1.61 bits per heavy atom. The van der Waals surface area contributed by atoms with Gasteiger partial charge in [-0.2, -0.15) is 0 Å². The standard InChI is InChI=1S/C12H20N2O3S/c1-12(2,3)9-5-14-10(17-9)7-18-6-8(13)11(15)16-4/h5,8H,6-7,13H2,1-4H3. The van der Waals surface area contributed by atoms with E-state index in [0.29, 0.717) is 17.4 Å². The lowest BCUT2D eigenvalue weighted by Gasteiger charge is -2.13. The third kappa shape index (κ3) is 4.34. The maximum atomic E-state index is 11.1. The summed E-state index contributed by atoms with van der Waals surface area (Å²) in [6.45, 7) is 6.20. The Morgan fingerprint density at radius 3 is 2.78 bits per heavy atom. The topological polar surface area (TPSA) is 78.4 Å². The number of nitrogens with two attached hydrogens (primary N) is 1. The molecule has 0 bridgehead atoms. The number of carbonyl (C=O) groups is 1. The molecule has 18 heavy (non-hydrogen) atoms. The number of methoxy groups -OCH3 is 1. The minimum absolute atomic E-state index is 0.0433. The zero-order valence-corrected chi connectivity index (χ0v) is 12.0. The van der Waals surface area contributed by atoms with Crippen LogP contribution in [0, 0.1) is 0 Å². The molecule has 0 aliphatic heterocycles. The fraction of sp³-hybridized carbons (Fsp3) is 0.667. The molecule has 1 unspecified atom stereocenters. The number of rotatable bonds is 5. The number of hydrogen-bond donors (Lipinski definition) is 1. The number of thioether (sulfide) groups is 1. The molecule has 0 aliphatic carbocycles. The summed E-state index contributed by atoms with van der Waals surface area (Å²) in [7, 11) is 1.33. The van der Waals surface area contributed by atoms with Gasteiger partial charge >= 0.3 is 5.97 Å². The number of ether oxygens (including phenoxy) is 1. The molecule has 0 spiro atoms. The number of hydrogen-bond acceptors (Lipinski definition) is 6.